The van der Waals surface area contributed by atoms with Crippen LogP contribution in [0, 0.1) is 10.1 Å². The van der Waals surface area contributed by atoms with E-state index in [2.05, 4.69) is 9.79 Å². The molecule has 8 heteroatoms. The van der Waals surface area contributed by atoms with Crippen LogP contribution in [-0.4, -0.2) is 16.0 Å². The molecule has 1 heterocycles. The molecular formula is C17H12N3O5+. The first-order valence-electron chi connectivity index (χ1n) is 7.20. The Balaban J connectivity index is 1.79. The number of allylic oxidation sites excluding steroid dienone is 1. The van der Waals surface area contributed by atoms with E-state index in [-0.39, 0.29) is 11.5 Å². The van der Waals surface area contributed by atoms with Crippen LogP contribution >= 0.6 is 0 Å². The predicted molar refractivity (Wildman–Crippen MR) is 87.3 cm³/mol. The van der Waals surface area contributed by atoms with Gasteiger partial charge in [-0.3, -0.25) is 19.4 Å². The largest absolute Gasteiger partial charge is 0.427 e. The summed E-state index contributed by atoms with van der Waals surface area (Å²) in [5, 5.41) is 13.0. The average Bonchev–Trinajstić information content (AvgIpc) is 3.06. The van der Waals surface area contributed by atoms with Crippen molar-refractivity contribution in [2.24, 2.45) is 0 Å². The van der Waals surface area contributed by atoms with Crippen molar-refractivity contribution >= 4 is 17.5 Å². The van der Waals surface area contributed by atoms with Crippen LogP contribution < -0.4 is 10.3 Å². The monoisotopic (exact) mass is 338 g/mol. The average molecular weight is 338 g/mol. The highest BCUT2D eigenvalue weighted by Gasteiger charge is 2.13. The maximum atomic E-state index is 12.3. The van der Waals surface area contributed by atoms with Crippen molar-refractivity contribution in [2.45, 2.75) is 0 Å². The third-order valence-electron chi connectivity index (χ3n) is 3.42. The fourth-order valence-corrected chi connectivity index (χ4v) is 2.16. The molecule has 0 atom stereocenters. The van der Waals surface area contributed by atoms with Gasteiger partial charge in [0, 0.05) is 29.8 Å². The number of H-pyrrole nitrogens is 1. The summed E-state index contributed by atoms with van der Waals surface area (Å²) in [5.74, 6) is -0.244. The number of carbonyl (C=O) groups is 1. The smallest absolute Gasteiger partial charge is 0.289 e. The van der Waals surface area contributed by atoms with Crippen LogP contribution in [-0.2, 0) is 0 Å². The summed E-state index contributed by atoms with van der Waals surface area (Å²) in [6, 6.07) is 12.5. The van der Waals surface area contributed by atoms with E-state index in [9.17, 15) is 19.7 Å². The van der Waals surface area contributed by atoms with Gasteiger partial charge >= 0.3 is 5.63 Å². The first-order chi connectivity index (χ1) is 12.0. The maximum Gasteiger partial charge on any atom is 0.427 e. The minimum Gasteiger partial charge on any atom is -0.289 e. The highest BCUT2D eigenvalue weighted by molar-refractivity contribution is 6.07. The molecule has 25 heavy (non-hydrogen) atoms. The molecule has 124 valence electrons. The molecule has 8 nitrogen and oxygen atoms in total. The van der Waals surface area contributed by atoms with Gasteiger partial charge in [-0.2, -0.15) is 0 Å². The number of rotatable bonds is 5. The van der Waals surface area contributed by atoms with Gasteiger partial charge in [0.25, 0.3) is 11.9 Å². The summed E-state index contributed by atoms with van der Waals surface area (Å²) in [4.78, 5) is 33.5. The number of hydrogen-bond donors (Lipinski definition) is 1. The Morgan fingerprint density at radius 3 is 2.60 bits per heavy atom. The standard InChI is InChI=1S/C17H11N3O5/c21-16(9-6-12-4-7-14(8-5-12)20(23)24)13-2-1-3-15(10-13)19-11-17(22)25-18-19/h1-11H/p+1/b9-6+. The molecule has 0 aliphatic heterocycles. The molecule has 2 aromatic carbocycles. The van der Waals surface area contributed by atoms with Crippen molar-refractivity contribution in [3.63, 3.8) is 0 Å². The van der Waals surface area contributed by atoms with Crippen LogP contribution in [0.1, 0.15) is 15.9 Å². The number of nitrogens with zero attached hydrogens (tertiary/aromatic N) is 2. The first-order valence-corrected chi connectivity index (χ1v) is 7.20. The van der Waals surface area contributed by atoms with E-state index in [0.29, 0.717) is 16.8 Å². The normalized spacial score (nSPS) is 10.9. The first kappa shape index (κ1) is 16.1. The minimum absolute atomic E-state index is 0.0118. The molecule has 0 aliphatic rings. The number of nitrogens with one attached hydrogen (secondary N) is 1. The Bertz CT molecular complexity index is 1020. The SMILES string of the molecule is O=C(/C=C/c1ccc([N+](=O)[O-])cc1)c1cccc(-[n+]2cc(=O)o[nH]2)c1. The number of ketones is 1. The number of nitro groups is 1. The van der Waals surface area contributed by atoms with Crippen molar-refractivity contribution in [3.05, 3.63) is 92.5 Å². The van der Waals surface area contributed by atoms with E-state index >= 15 is 0 Å². The Kier molecular flexibility index (Phi) is 4.34. The summed E-state index contributed by atoms with van der Waals surface area (Å²) >= 11 is 0. The van der Waals surface area contributed by atoms with Crippen LogP contribution in [0.5, 0.6) is 0 Å². The van der Waals surface area contributed by atoms with Gasteiger partial charge in [0.15, 0.2) is 5.78 Å². The molecule has 3 aromatic rings. The number of aromatic amines is 1. The van der Waals surface area contributed by atoms with Crippen molar-refractivity contribution in [2.75, 3.05) is 0 Å². The zero-order valence-corrected chi connectivity index (χ0v) is 12.8. The number of nitro benzene ring substituents is 1. The molecule has 1 aromatic heterocycles. The van der Waals surface area contributed by atoms with E-state index in [1.54, 1.807) is 42.5 Å². The second kappa shape index (κ2) is 6.75. The number of hydrogen-bond acceptors (Lipinski definition) is 5. The molecular weight excluding hydrogens is 326 g/mol. The van der Waals surface area contributed by atoms with Crippen LogP contribution in [0.2, 0.25) is 0 Å². The van der Waals surface area contributed by atoms with Crippen LogP contribution in [0.15, 0.2) is 70.1 Å². The lowest BCUT2D eigenvalue weighted by Crippen LogP contribution is -2.32. The van der Waals surface area contributed by atoms with Crippen LogP contribution in [0.3, 0.4) is 0 Å². The molecule has 0 bridgehead atoms. The van der Waals surface area contributed by atoms with Crippen molar-refractivity contribution in [1.82, 2.24) is 5.27 Å². The summed E-state index contributed by atoms with van der Waals surface area (Å²) in [7, 11) is 0. The summed E-state index contributed by atoms with van der Waals surface area (Å²) < 4.78 is 5.95. The molecule has 0 saturated heterocycles. The van der Waals surface area contributed by atoms with Gasteiger partial charge in [-0.05, 0) is 33.7 Å². The topological polar surface area (TPSA) is 110 Å². The van der Waals surface area contributed by atoms with E-state index < -0.39 is 10.5 Å². The van der Waals surface area contributed by atoms with Gasteiger partial charge in [-0.25, -0.2) is 4.79 Å². The van der Waals surface area contributed by atoms with Crippen molar-refractivity contribution in [1.29, 1.82) is 0 Å². The van der Waals surface area contributed by atoms with Gasteiger partial charge in [0.2, 0.25) is 5.69 Å². The van der Waals surface area contributed by atoms with E-state index in [4.69, 9.17) is 0 Å². The highest BCUT2D eigenvalue weighted by Crippen LogP contribution is 2.13. The predicted octanol–water partition coefficient (Wildman–Crippen LogP) is 2.05. The van der Waals surface area contributed by atoms with E-state index in [0.717, 1.165) is 0 Å². The lowest BCUT2D eigenvalue weighted by molar-refractivity contribution is -0.670. The zero-order valence-electron chi connectivity index (χ0n) is 12.8. The maximum absolute atomic E-state index is 12.3. The number of non-ortho nitro benzene ring substituents is 1. The Morgan fingerprint density at radius 1 is 1.20 bits per heavy atom. The Labute approximate surface area is 140 Å². The third kappa shape index (κ3) is 3.75. The molecule has 1 N–H and O–H groups in total. The number of benzene rings is 2. The van der Waals surface area contributed by atoms with Gasteiger partial charge < -0.3 is 0 Å². The quantitative estimate of drug-likeness (QED) is 0.252. The van der Waals surface area contributed by atoms with Crippen molar-refractivity contribution in [3.8, 4) is 5.69 Å². The molecule has 0 aliphatic carbocycles. The molecule has 0 fully saturated rings. The molecule has 0 spiro atoms. The van der Waals surface area contributed by atoms with Crippen molar-refractivity contribution < 1.29 is 18.9 Å². The Morgan fingerprint density at radius 2 is 1.96 bits per heavy atom. The fourth-order valence-electron chi connectivity index (χ4n) is 2.16. The van der Waals surface area contributed by atoms with Gasteiger partial charge in [0.1, 0.15) is 0 Å². The molecule has 0 radical (unpaired) electrons. The summed E-state index contributed by atoms with van der Waals surface area (Å²) in [6.45, 7) is 0. The molecule has 0 amide bonds. The van der Waals surface area contributed by atoms with Crippen LogP contribution in [0.4, 0.5) is 5.69 Å². The highest BCUT2D eigenvalue weighted by atomic mass is 16.6. The summed E-state index contributed by atoms with van der Waals surface area (Å²) in [5.41, 5.74) is 1.12. The number of carbonyl (C=O) groups excluding carboxylic acids is 1. The third-order valence-corrected chi connectivity index (χ3v) is 3.42. The Hall–Kier alpha value is -3.81. The molecule has 3 rings (SSSR count). The zero-order chi connectivity index (χ0) is 17.8. The molecule has 0 unspecified atom stereocenters. The van der Waals surface area contributed by atoms with E-state index in [1.165, 1.54) is 29.1 Å². The van der Waals surface area contributed by atoms with Crippen LogP contribution in [0.25, 0.3) is 11.8 Å². The second-order valence-corrected chi connectivity index (χ2v) is 5.11. The fraction of sp³-hybridized carbons (Fsp3) is 0. The van der Waals surface area contributed by atoms with Gasteiger partial charge in [0.05, 0.1) is 4.92 Å². The van der Waals surface area contributed by atoms with Gasteiger partial charge in [-0.15, -0.1) is 0 Å². The lowest BCUT2D eigenvalue weighted by atomic mass is 10.1. The minimum atomic E-state index is -0.533. The number of aromatic nitrogens is 2. The molecule has 0 saturated carbocycles. The second-order valence-electron chi connectivity index (χ2n) is 5.11. The lowest BCUT2D eigenvalue weighted by Gasteiger charge is -1.97. The van der Waals surface area contributed by atoms with Gasteiger partial charge in [-0.1, -0.05) is 18.2 Å². The summed E-state index contributed by atoms with van der Waals surface area (Å²) in [6.07, 6.45) is 4.17. The van der Waals surface area contributed by atoms with E-state index in [1.807, 2.05) is 0 Å².